The molecule has 2 rings (SSSR count). The van der Waals surface area contributed by atoms with Gasteiger partial charge in [-0.3, -0.25) is 4.90 Å². The van der Waals surface area contributed by atoms with E-state index in [2.05, 4.69) is 4.90 Å². The Morgan fingerprint density at radius 3 is 2.80 bits per heavy atom. The predicted octanol–water partition coefficient (Wildman–Crippen LogP) is 2.18. The van der Waals surface area contributed by atoms with Gasteiger partial charge in [0.2, 0.25) is 0 Å². The number of nitrogens with two attached hydrogens (primary N) is 1. The Balaban J connectivity index is 2.36. The molecule has 1 aliphatic heterocycles. The van der Waals surface area contributed by atoms with E-state index < -0.39 is 0 Å². The SMILES string of the molecule is CN1CCC(N)C1c1ccc(Cl)cc1F. The Bertz CT molecular complexity index is 360. The molecule has 4 heteroatoms. The van der Waals surface area contributed by atoms with Gasteiger partial charge in [0.1, 0.15) is 5.82 Å². The summed E-state index contributed by atoms with van der Waals surface area (Å²) in [5.74, 6) is -0.267. The van der Waals surface area contributed by atoms with Crippen molar-refractivity contribution >= 4 is 11.6 Å². The summed E-state index contributed by atoms with van der Waals surface area (Å²) >= 11 is 5.71. The van der Waals surface area contributed by atoms with Crippen LogP contribution in [0.1, 0.15) is 18.0 Å². The summed E-state index contributed by atoms with van der Waals surface area (Å²) in [5.41, 5.74) is 6.61. The highest BCUT2D eigenvalue weighted by Gasteiger charge is 2.31. The van der Waals surface area contributed by atoms with Crippen LogP contribution >= 0.6 is 11.6 Å². The summed E-state index contributed by atoms with van der Waals surface area (Å²) in [6, 6.07) is 4.76. The molecule has 1 heterocycles. The first kappa shape index (κ1) is 10.9. The summed E-state index contributed by atoms with van der Waals surface area (Å²) in [7, 11) is 1.96. The van der Waals surface area contributed by atoms with Crippen molar-refractivity contribution in [3.05, 3.63) is 34.6 Å². The fourth-order valence-corrected chi connectivity index (χ4v) is 2.34. The number of hydrogen-bond acceptors (Lipinski definition) is 2. The number of hydrogen-bond donors (Lipinski definition) is 1. The maximum atomic E-state index is 13.7. The molecule has 0 aliphatic carbocycles. The van der Waals surface area contributed by atoms with Crippen LogP contribution in [-0.4, -0.2) is 24.5 Å². The fraction of sp³-hybridized carbons (Fsp3) is 0.455. The molecule has 0 radical (unpaired) electrons. The monoisotopic (exact) mass is 228 g/mol. The molecule has 0 aromatic heterocycles. The number of likely N-dealkylation sites (tertiary alicyclic amines) is 1. The largest absolute Gasteiger partial charge is 0.326 e. The molecular weight excluding hydrogens is 215 g/mol. The lowest BCUT2D eigenvalue weighted by Crippen LogP contribution is -2.30. The van der Waals surface area contributed by atoms with Crippen LogP contribution < -0.4 is 5.73 Å². The average molecular weight is 229 g/mol. The van der Waals surface area contributed by atoms with Crippen LogP contribution in [0.2, 0.25) is 5.02 Å². The Kier molecular flexibility index (Phi) is 2.96. The number of benzene rings is 1. The van der Waals surface area contributed by atoms with E-state index in [1.54, 1.807) is 12.1 Å². The van der Waals surface area contributed by atoms with Gasteiger partial charge < -0.3 is 5.73 Å². The summed E-state index contributed by atoms with van der Waals surface area (Å²) in [6.45, 7) is 0.911. The first-order valence-corrected chi connectivity index (χ1v) is 5.38. The van der Waals surface area contributed by atoms with Gasteiger partial charge in [0, 0.05) is 23.2 Å². The molecule has 2 nitrogen and oxygen atoms in total. The zero-order chi connectivity index (χ0) is 11.0. The van der Waals surface area contributed by atoms with Crippen LogP contribution in [0, 0.1) is 5.82 Å². The third kappa shape index (κ3) is 2.00. The van der Waals surface area contributed by atoms with E-state index in [-0.39, 0.29) is 17.9 Å². The third-order valence-corrected chi connectivity index (χ3v) is 3.21. The lowest BCUT2D eigenvalue weighted by molar-refractivity contribution is 0.296. The maximum absolute atomic E-state index is 13.7. The van der Waals surface area contributed by atoms with E-state index >= 15 is 0 Å². The standard InChI is InChI=1S/C11H14ClFN2/c1-15-5-4-10(14)11(15)8-3-2-7(12)6-9(8)13/h2-3,6,10-11H,4-5,14H2,1H3. The molecule has 15 heavy (non-hydrogen) atoms. The first-order chi connectivity index (χ1) is 7.09. The molecule has 1 aromatic rings. The van der Waals surface area contributed by atoms with Gasteiger partial charge in [-0.2, -0.15) is 0 Å². The van der Waals surface area contributed by atoms with E-state index in [9.17, 15) is 4.39 Å². The molecule has 0 saturated carbocycles. The minimum absolute atomic E-state index is 0.00526. The van der Waals surface area contributed by atoms with Crippen molar-refractivity contribution in [2.45, 2.75) is 18.5 Å². The van der Waals surface area contributed by atoms with Gasteiger partial charge in [-0.1, -0.05) is 17.7 Å². The van der Waals surface area contributed by atoms with E-state index in [4.69, 9.17) is 17.3 Å². The van der Waals surface area contributed by atoms with Crippen molar-refractivity contribution in [3.8, 4) is 0 Å². The van der Waals surface area contributed by atoms with Gasteiger partial charge in [0.15, 0.2) is 0 Å². The Morgan fingerprint density at radius 2 is 2.27 bits per heavy atom. The van der Waals surface area contributed by atoms with Crippen molar-refractivity contribution in [3.63, 3.8) is 0 Å². The highest BCUT2D eigenvalue weighted by Crippen LogP contribution is 2.32. The quantitative estimate of drug-likeness (QED) is 0.799. The minimum atomic E-state index is -0.267. The van der Waals surface area contributed by atoms with Crippen LogP contribution in [0.4, 0.5) is 4.39 Å². The molecule has 1 saturated heterocycles. The second-order valence-corrected chi connectivity index (χ2v) is 4.48. The molecule has 2 N–H and O–H groups in total. The maximum Gasteiger partial charge on any atom is 0.129 e. The smallest absolute Gasteiger partial charge is 0.129 e. The van der Waals surface area contributed by atoms with Crippen molar-refractivity contribution in [1.82, 2.24) is 4.90 Å². The first-order valence-electron chi connectivity index (χ1n) is 5.00. The lowest BCUT2D eigenvalue weighted by Gasteiger charge is -2.23. The van der Waals surface area contributed by atoms with Gasteiger partial charge in [0.25, 0.3) is 0 Å². The molecular formula is C11H14ClFN2. The summed E-state index contributed by atoms with van der Waals surface area (Å²) < 4.78 is 13.7. The van der Waals surface area contributed by atoms with Crippen molar-refractivity contribution in [2.75, 3.05) is 13.6 Å². The number of nitrogens with zero attached hydrogens (tertiary/aromatic N) is 1. The molecule has 1 aromatic carbocycles. The fourth-order valence-electron chi connectivity index (χ4n) is 2.19. The predicted molar refractivity (Wildman–Crippen MR) is 59.4 cm³/mol. The second-order valence-electron chi connectivity index (χ2n) is 4.04. The normalized spacial score (nSPS) is 27.2. The Labute approximate surface area is 93.8 Å². The molecule has 0 amide bonds. The Hall–Kier alpha value is -0.640. The summed E-state index contributed by atoms with van der Waals surface area (Å²) in [6.07, 6.45) is 0.906. The van der Waals surface area contributed by atoms with E-state index in [1.807, 2.05) is 7.05 Å². The highest BCUT2D eigenvalue weighted by atomic mass is 35.5. The second kappa shape index (κ2) is 4.08. The van der Waals surface area contributed by atoms with E-state index in [0.717, 1.165) is 13.0 Å². The van der Waals surface area contributed by atoms with Crippen LogP contribution in [0.3, 0.4) is 0 Å². The lowest BCUT2D eigenvalue weighted by atomic mass is 10.0. The van der Waals surface area contributed by atoms with Gasteiger partial charge in [0.05, 0.1) is 6.04 Å². The van der Waals surface area contributed by atoms with Crippen LogP contribution in [0.25, 0.3) is 0 Å². The highest BCUT2D eigenvalue weighted by molar-refractivity contribution is 6.30. The van der Waals surface area contributed by atoms with Crippen LogP contribution in [-0.2, 0) is 0 Å². The average Bonchev–Trinajstić information content (AvgIpc) is 2.48. The summed E-state index contributed by atoms with van der Waals surface area (Å²) in [5, 5.41) is 0.422. The van der Waals surface area contributed by atoms with Crippen LogP contribution in [0.15, 0.2) is 18.2 Å². The zero-order valence-electron chi connectivity index (χ0n) is 8.58. The topological polar surface area (TPSA) is 29.3 Å². The zero-order valence-corrected chi connectivity index (χ0v) is 9.34. The molecule has 2 atom stereocenters. The number of halogens is 2. The van der Waals surface area contributed by atoms with Crippen LogP contribution in [0.5, 0.6) is 0 Å². The Morgan fingerprint density at radius 1 is 1.53 bits per heavy atom. The molecule has 1 fully saturated rings. The van der Waals surface area contributed by atoms with E-state index in [1.165, 1.54) is 6.07 Å². The molecule has 1 aliphatic rings. The van der Waals surface area contributed by atoms with Crippen molar-refractivity contribution < 1.29 is 4.39 Å². The minimum Gasteiger partial charge on any atom is -0.326 e. The number of rotatable bonds is 1. The van der Waals surface area contributed by atoms with Gasteiger partial charge in [-0.25, -0.2) is 4.39 Å². The molecule has 0 spiro atoms. The van der Waals surface area contributed by atoms with Gasteiger partial charge >= 0.3 is 0 Å². The molecule has 2 unspecified atom stereocenters. The summed E-state index contributed by atoms with van der Waals surface area (Å²) in [4.78, 5) is 2.08. The van der Waals surface area contributed by atoms with Gasteiger partial charge in [-0.15, -0.1) is 0 Å². The third-order valence-electron chi connectivity index (χ3n) is 2.98. The molecule has 82 valence electrons. The van der Waals surface area contributed by atoms with Crippen molar-refractivity contribution in [2.24, 2.45) is 5.73 Å². The number of likely N-dealkylation sites (N-methyl/N-ethyl adjacent to an activating group) is 1. The van der Waals surface area contributed by atoms with E-state index in [0.29, 0.717) is 10.6 Å². The van der Waals surface area contributed by atoms with Crippen molar-refractivity contribution in [1.29, 1.82) is 0 Å². The molecule has 0 bridgehead atoms. The van der Waals surface area contributed by atoms with Gasteiger partial charge in [-0.05, 0) is 25.6 Å².